The minimum Gasteiger partial charge on any atom is -0.304 e. The van der Waals surface area contributed by atoms with Gasteiger partial charge in [0.25, 0.3) is 0 Å². The average Bonchev–Trinajstić information content (AvgIpc) is 2.84. The molecule has 1 atom stereocenters. The summed E-state index contributed by atoms with van der Waals surface area (Å²) < 4.78 is 2.01. The van der Waals surface area contributed by atoms with Crippen LogP contribution in [-0.4, -0.2) is 21.3 Å². The van der Waals surface area contributed by atoms with E-state index >= 15 is 0 Å². The number of hydrogen-bond acceptors (Lipinski definition) is 3. The minimum absolute atomic E-state index is 0.109. The monoisotopic (exact) mass is 244 g/mol. The second kappa shape index (κ2) is 5.78. The van der Waals surface area contributed by atoms with Gasteiger partial charge in [-0.1, -0.05) is 6.92 Å². The molecule has 0 amide bonds. The highest BCUT2D eigenvalue weighted by Crippen LogP contribution is 2.20. The summed E-state index contributed by atoms with van der Waals surface area (Å²) in [7, 11) is 0. The van der Waals surface area contributed by atoms with E-state index in [0.29, 0.717) is 0 Å². The Labute approximate surface area is 108 Å². The van der Waals surface area contributed by atoms with Crippen molar-refractivity contribution in [2.45, 2.75) is 33.4 Å². The van der Waals surface area contributed by atoms with Crippen LogP contribution in [0.15, 0.2) is 30.6 Å². The molecule has 2 rings (SSSR count). The van der Waals surface area contributed by atoms with Crippen molar-refractivity contribution in [2.75, 3.05) is 6.54 Å². The van der Waals surface area contributed by atoms with Crippen molar-refractivity contribution in [2.24, 2.45) is 0 Å². The highest BCUT2D eigenvalue weighted by atomic mass is 15.3. The van der Waals surface area contributed by atoms with E-state index in [2.05, 4.69) is 48.3 Å². The number of aromatic nitrogens is 3. The zero-order chi connectivity index (χ0) is 13.0. The Hall–Kier alpha value is -1.68. The molecule has 2 aromatic heterocycles. The molecule has 2 aromatic rings. The van der Waals surface area contributed by atoms with E-state index in [1.165, 1.54) is 5.56 Å². The fourth-order valence-corrected chi connectivity index (χ4v) is 2.13. The van der Waals surface area contributed by atoms with Gasteiger partial charge in [-0.15, -0.1) is 0 Å². The van der Waals surface area contributed by atoms with Gasteiger partial charge in [-0.3, -0.25) is 9.67 Å². The molecule has 0 spiro atoms. The van der Waals surface area contributed by atoms with Crippen LogP contribution in [0, 0.1) is 6.92 Å². The zero-order valence-electron chi connectivity index (χ0n) is 11.2. The average molecular weight is 244 g/mol. The molecule has 2 heterocycles. The summed E-state index contributed by atoms with van der Waals surface area (Å²) in [5.74, 6) is 0. The van der Waals surface area contributed by atoms with Gasteiger partial charge in [0.2, 0.25) is 0 Å². The van der Waals surface area contributed by atoms with E-state index in [1.807, 2.05) is 23.1 Å². The summed E-state index contributed by atoms with van der Waals surface area (Å²) in [6.07, 6.45) is 3.71. The predicted molar refractivity (Wildman–Crippen MR) is 72.4 cm³/mol. The second-order valence-electron chi connectivity index (χ2n) is 4.32. The van der Waals surface area contributed by atoms with Gasteiger partial charge in [0.05, 0.1) is 17.4 Å². The maximum absolute atomic E-state index is 4.49. The molecule has 4 heteroatoms. The van der Waals surface area contributed by atoms with Crippen molar-refractivity contribution < 1.29 is 0 Å². The van der Waals surface area contributed by atoms with E-state index < -0.39 is 0 Å². The first-order valence-corrected chi connectivity index (χ1v) is 6.43. The van der Waals surface area contributed by atoms with Crippen LogP contribution in [0.25, 0.3) is 0 Å². The zero-order valence-corrected chi connectivity index (χ0v) is 11.2. The summed E-state index contributed by atoms with van der Waals surface area (Å²) in [6.45, 7) is 8.06. The Balaban J connectivity index is 2.39. The highest BCUT2D eigenvalue weighted by Gasteiger charge is 2.18. The van der Waals surface area contributed by atoms with Gasteiger partial charge in [0.15, 0.2) is 0 Å². The second-order valence-corrected chi connectivity index (χ2v) is 4.32. The third-order valence-electron chi connectivity index (χ3n) is 2.99. The number of aryl methyl sites for hydroxylation is 2. The smallest absolute Gasteiger partial charge is 0.0921 e. The lowest BCUT2D eigenvalue weighted by Crippen LogP contribution is -2.25. The van der Waals surface area contributed by atoms with Gasteiger partial charge >= 0.3 is 0 Å². The lowest BCUT2D eigenvalue weighted by molar-refractivity contribution is 0.534. The number of nitrogens with zero attached hydrogens (tertiary/aromatic N) is 3. The molecule has 0 fully saturated rings. The van der Waals surface area contributed by atoms with Crippen molar-refractivity contribution in [1.82, 2.24) is 20.1 Å². The Kier molecular flexibility index (Phi) is 4.10. The molecule has 0 radical (unpaired) electrons. The first kappa shape index (κ1) is 12.8. The number of nitrogens with one attached hydrogen (secondary N) is 1. The van der Waals surface area contributed by atoms with E-state index in [9.17, 15) is 0 Å². The van der Waals surface area contributed by atoms with E-state index in [-0.39, 0.29) is 6.04 Å². The van der Waals surface area contributed by atoms with Crippen molar-refractivity contribution >= 4 is 0 Å². The Morgan fingerprint density at radius 3 is 2.78 bits per heavy atom. The SMILES string of the molecule is CCNC(c1cc(C)ccn1)c1ccnn1CC. The fourth-order valence-electron chi connectivity index (χ4n) is 2.13. The van der Waals surface area contributed by atoms with Gasteiger partial charge in [0, 0.05) is 18.9 Å². The third-order valence-corrected chi connectivity index (χ3v) is 2.99. The molecule has 0 bridgehead atoms. The Morgan fingerprint density at radius 1 is 1.28 bits per heavy atom. The first-order valence-electron chi connectivity index (χ1n) is 6.43. The van der Waals surface area contributed by atoms with Gasteiger partial charge in [-0.2, -0.15) is 5.10 Å². The van der Waals surface area contributed by atoms with Gasteiger partial charge in [-0.25, -0.2) is 0 Å². The largest absolute Gasteiger partial charge is 0.304 e. The van der Waals surface area contributed by atoms with E-state index in [0.717, 1.165) is 24.5 Å². The molecular formula is C14H20N4. The number of pyridine rings is 1. The molecule has 0 aliphatic rings. The maximum atomic E-state index is 4.49. The fraction of sp³-hybridized carbons (Fsp3) is 0.429. The van der Waals surface area contributed by atoms with Gasteiger partial charge in [-0.05, 0) is 44.2 Å². The van der Waals surface area contributed by atoms with Crippen molar-refractivity contribution in [3.8, 4) is 0 Å². The molecule has 96 valence electrons. The lowest BCUT2D eigenvalue weighted by atomic mass is 10.1. The summed E-state index contributed by atoms with van der Waals surface area (Å²) in [6, 6.07) is 6.31. The molecular weight excluding hydrogens is 224 g/mol. The minimum atomic E-state index is 0.109. The summed E-state index contributed by atoms with van der Waals surface area (Å²) in [4.78, 5) is 4.49. The van der Waals surface area contributed by atoms with Crippen molar-refractivity contribution in [1.29, 1.82) is 0 Å². The van der Waals surface area contributed by atoms with Crippen LogP contribution in [0.5, 0.6) is 0 Å². The summed E-state index contributed by atoms with van der Waals surface area (Å²) in [5.41, 5.74) is 3.44. The molecule has 0 saturated carbocycles. The van der Waals surface area contributed by atoms with Crippen LogP contribution in [0.1, 0.15) is 36.8 Å². The third kappa shape index (κ3) is 2.59. The van der Waals surface area contributed by atoms with Crippen LogP contribution in [0.3, 0.4) is 0 Å². The molecule has 1 unspecified atom stereocenters. The molecule has 0 saturated heterocycles. The number of rotatable bonds is 5. The first-order chi connectivity index (χ1) is 8.76. The van der Waals surface area contributed by atoms with Crippen LogP contribution in [0.2, 0.25) is 0 Å². The Morgan fingerprint density at radius 2 is 2.11 bits per heavy atom. The molecule has 0 aromatic carbocycles. The molecule has 1 N–H and O–H groups in total. The standard InChI is InChI=1S/C14H20N4/c1-4-15-14(12-10-11(3)6-8-16-12)13-7-9-17-18(13)5-2/h6-10,14-15H,4-5H2,1-3H3. The quantitative estimate of drug-likeness (QED) is 0.877. The Bertz CT molecular complexity index is 504. The van der Waals surface area contributed by atoms with E-state index in [4.69, 9.17) is 0 Å². The molecule has 4 nitrogen and oxygen atoms in total. The van der Waals surface area contributed by atoms with Crippen LogP contribution in [-0.2, 0) is 6.54 Å². The molecule has 0 aliphatic carbocycles. The van der Waals surface area contributed by atoms with Gasteiger partial charge in [0.1, 0.15) is 0 Å². The van der Waals surface area contributed by atoms with Crippen LogP contribution < -0.4 is 5.32 Å². The van der Waals surface area contributed by atoms with Gasteiger partial charge < -0.3 is 5.32 Å². The predicted octanol–water partition coefficient (Wildman–Crippen LogP) is 2.31. The summed E-state index contributed by atoms with van der Waals surface area (Å²) in [5, 5.41) is 7.81. The molecule has 18 heavy (non-hydrogen) atoms. The van der Waals surface area contributed by atoms with Crippen molar-refractivity contribution in [3.63, 3.8) is 0 Å². The van der Waals surface area contributed by atoms with E-state index in [1.54, 1.807) is 0 Å². The molecule has 0 aliphatic heterocycles. The summed E-state index contributed by atoms with van der Waals surface area (Å²) >= 11 is 0. The van der Waals surface area contributed by atoms with Crippen LogP contribution in [0.4, 0.5) is 0 Å². The normalized spacial score (nSPS) is 12.6. The maximum Gasteiger partial charge on any atom is 0.0921 e. The number of hydrogen-bond donors (Lipinski definition) is 1. The van der Waals surface area contributed by atoms with Crippen molar-refractivity contribution in [3.05, 3.63) is 47.5 Å². The highest BCUT2D eigenvalue weighted by molar-refractivity contribution is 5.25. The topological polar surface area (TPSA) is 42.7 Å². The van der Waals surface area contributed by atoms with Crippen LogP contribution >= 0.6 is 0 Å². The lowest BCUT2D eigenvalue weighted by Gasteiger charge is -2.18.